The first kappa shape index (κ1) is 11.9. The molecule has 5 heteroatoms. The fourth-order valence-corrected chi connectivity index (χ4v) is 4.56. The van der Waals surface area contributed by atoms with Crippen LogP contribution in [0.5, 0.6) is 0 Å². The van der Waals surface area contributed by atoms with E-state index >= 15 is 0 Å². The van der Waals surface area contributed by atoms with Crippen molar-refractivity contribution in [1.29, 1.82) is 0 Å². The minimum atomic E-state index is -0.903. The van der Waals surface area contributed by atoms with Gasteiger partial charge in [-0.15, -0.1) is 0 Å². The van der Waals surface area contributed by atoms with Gasteiger partial charge in [-0.3, -0.25) is 9.59 Å². The highest BCUT2D eigenvalue weighted by Gasteiger charge is 2.71. The molecular weight excluding hydrogens is 226 g/mol. The molecule has 2 aliphatic rings. The molecule has 2 rings (SSSR count). The highest BCUT2D eigenvalue weighted by Crippen LogP contribution is 2.55. The van der Waals surface area contributed by atoms with Gasteiger partial charge in [-0.2, -0.15) is 0 Å². The quantitative estimate of drug-likeness (QED) is 0.717. The van der Waals surface area contributed by atoms with Gasteiger partial charge >= 0.3 is 0 Å². The molecule has 0 aromatic heterocycles. The van der Waals surface area contributed by atoms with Gasteiger partial charge in [0.2, 0.25) is 5.91 Å². The Labute approximate surface area is 99.4 Å². The summed E-state index contributed by atoms with van der Waals surface area (Å²) in [5, 5.41) is 10.2. The molecule has 0 radical (unpaired) electrons. The summed E-state index contributed by atoms with van der Waals surface area (Å²) in [5.74, 6) is -0.312. The Morgan fingerprint density at radius 2 is 2.00 bits per heavy atom. The molecule has 0 saturated carbocycles. The summed E-state index contributed by atoms with van der Waals surface area (Å²) in [4.78, 5) is 25.3. The number of thioether (sulfide) groups is 1. The topological polar surface area (TPSA) is 57.6 Å². The highest BCUT2D eigenvalue weighted by molar-refractivity contribution is 8.16. The molecule has 2 heterocycles. The smallest absolute Gasteiger partial charge is 0.244 e. The van der Waals surface area contributed by atoms with E-state index in [1.807, 2.05) is 20.8 Å². The van der Waals surface area contributed by atoms with Gasteiger partial charge in [0.1, 0.15) is 4.75 Å². The number of hydrogen-bond donors (Lipinski definition) is 1. The van der Waals surface area contributed by atoms with E-state index in [0.717, 1.165) is 11.8 Å². The molecule has 2 aliphatic heterocycles. The maximum absolute atomic E-state index is 12.0. The van der Waals surface area contributed by atoms with Crippen LogP contribution in [0, 0.1) is 11.8 Å². The summed E-state index contributed by atoms with van der Waals surface area (Å²) in [6.07, 6.45) is -0.750. The van der Waals surface area contributed by atoms with Crippen molar-refractivity contribution in [3.63, 3.8) is 0 Å². The van der Waals surface area contributed by atoms with Gasteiger partial charge in [0.25, 0.3) is 0 Å². The molecular formula is C11H17NO3S. The van der Waals surface area contributed by atoms with Crippen molar-refractivity contribution >= 4 is 22.8 Å². The van der Waals surface area contributed by atoms with Crippen molar-refractivity contribution in [3.05, 3.63) is 0 Å². The normalized spacial score (nSPS) is 40.0. The van der Waals surface area contributed by atoms with E-state index in [1.54, 1.807) is 11.9 Å². The van der Waals surface area contributed by atoms with Crippen LogP contribution in [0.4, 0.5) is 0 Å². The molecule has 1 amide bonds. The van der Waals surface area contributed by atoms with Crippen molar-refractivity contribution in [2.75, 3.05) is 7.05 Å². The molecule has 90 valence electrons. The minimum Gasteiger partial charge on any atom is -0.391 e. The van der Waals surface area contributed by atoms with E-state index in [4.69, 9.17) is 0 Å². The summed E-state index contributed by atoms with van der Waals surface area (Å²) >= 11 is 1.04. The van der Waals surface area contributed by atoms with E-state index in [2.05, 4.69) is 0 Å². The van der Waals surface area contributed by atoms with Crippen LogP contribution in [0.1, 0.15) is 20.8 Å². The van der Waals surface area contributed by atoms with Gasteiger partial charge in [0.05, 0.1) is 12.1 Å². The van der Waals surface area contributed by atoms with Gasteiger partial charge in [-0.1, -0.05) is 32.5 Å². The third kappa shape index (κ3) is 1.16. The van der Waals surface area contributed by atoms with E-state index in [1.165, 1.54) is 0 Å². The van der Waals surface area contributed by atoms with E-state index in [0.29, 0.717) is 0 Å². The van der Waals surface area contributed by atoms with Crippen LogP contribution in [0.2, 0.25) is 0 Å². The molecule has 0 aromatic rings. The molecule has 0 aliphatic carbocycles. The first-order valence-corrected chi connectivity index (χ1v) is 6.33. The van der Waals surface area contributed by atoms with Crippen molar-refractivity contribution < 1.29 is 14.7 Å². The minimum absolute atomic E-state index is 0.0161. The zero-order valence-electron chi connectivity index (χ0n) is 9.93. The molecule has 1 unspecified atom stereocenters. The van der Waals surface area contributed by atoms with Crippen LogP contribution in [0.25, 0.3) is 0 Å². The number of β-lactam (4-membered cyclic amide) rings is 1. The maximum Gasteiger partial charge on any atom is 0.244 e. The lowest BCUT2D eigenvalue weighted by atomic mass is 9.74. The van der Waals surface area contributed by atoms with Crippen LogP contribution < -0.4 is 0 Å². The summed E-state index contributed by atoms with van der Waals surface area (Å²) in [6, 6.07) is -0.144. The number of fused-ring (bicyclic) bond motifs is 1. The highest BCUT2D eigenvalue weighted by atomic mass is 32.2. The zero-order valence-corrected chi connectivity index (χ0v) is 10.7. The van der Waals surface area contributed by atoms with E-state index in [-0.39, 0.29) is 28.9 Å². The van der Waals surface area contributed by atoms with Gasteiger partial charge in [0, 0.05) is 13.0 Å². The van der Waals surface area contributed by atoms with Crippen LogP contribution in [0.3, 0.4) is 0 Å². The summed E-state index contributed by atoms with van der Waals surface area (Å²) < 4.78 is -0.903. The lowest BCUT2D eigenvalue weighted by molar-refractivity contribution is -0.160. The Bertz CT molecular complexity index is 357. The largest absolute Gasteiger partial charge is 0.391 e. The second-order valence-electron chi connectivity index (χ2n) is 5.05. The van der Waals surface area contributed by atoms with Crippen LogP contribution in [-0.2, 0) is 9.59 Å². The predicted octanol–water partition coefficient (Wildman–Crippen LogP) is 0.492. The van der Waals surface area contributed by atoms with E-state index in [9.17, 15) is 14.7 Å². The van der Waals surface area contributed by atoms with Crippen LogP contribution in [0.15, 0.2) is 0 Å². The number of likely N-dealkylation sites (tertiary alicyclic amines) is 1. The molecule has 4 atom stereocenters. The Morgan fingerprint density at radius 1 is 1.44 bits per heavy atom. The third-order valence-electron chi connectivity index (χ3n) is 3.70. The maximum atomic E-state index is 12.0. The number of carbonyl (C=O) groups is 2. The fourth-order valence-electron chi connectivity index (χ4n) is 2.81. The van der Waals surface area contributed by atoms with Crippen LogP contribution in [-0.4, -0.2) is 45.0 Å². The zero-order chi connectivity index (χ0) is 12.2. The number of hydrogen-bond acceptors (Lipinski definition) is 4. The number of carbonyl (C=O) groups excluding carboxylic acids is 2. The average molecular weight is 243 g/mol. The molecule has 0 bridgehead atoms. The summed E-state index contributed by atoms with van der Waals surface area (Å²) in [6.45, 7) is 5.57. The molecule has 2 saturated heterocycles. The lowest BCUT2D eigenvalue weighted by Crippen LogP contribution is -2.75. The van der Waals surface area contributed by atoms with Gasteiger partial charge in [-0.25, -0.2) is 0 Å². The van der Waals surface area contributed by atoms with Crippen molar-refractivity contribution in [3.8, 4) is 0 Å². The Balaban J connectivity index is 2.39. The molecule has 2 fully saturated rings. The number of rotatable bonds is 2. The van der Waals surface area contributed by atoms with Gasteiger partial charge in [-0.05, 0) is 5.92 Å². The second kappa shape index (κ2) is 3.47. The standard InChI is InChI=1S/C11H17NO3S/c1-5(2)8(13)11-7(12(4)10(11)15)6(3)9(14)16-11/h5-8,13H,1-4H3/t6?,7-,8-,11-/m0/s1. The first-order valence-electron chi connectivity index (χ1n) is 5.52. The molecule has 1 N–H and O–H groups in total. The molecule has 16 heavy (non-hydrogen) atoms. The third-order valence-corrected chi connectivity index (χ3v) is 5.27. The molecule has 0 aromatic carbocycles. The van der Waals surface area contributed by atoms with Gasteiger partial charge in [0.15, 0.2) is 5.12 Å². The van der Waals surface area contributed by atoms with Crippen molar-refractivity contribution in [2.24, 2.45) is 11.8 Å². The molecule has 0 spiro atoms. The fraction of sp³-hybridized carbons (Fsp3) is 0.818. The number of aliphatic hydroxyl groups excluding tert-OH is 1. The lowest BCUT2D eigenvalue weighted by Gasteiger charge is -2.53. The SMILES string of the molecule is CC1C(=O)S[C@@]2([C@@H](O)C(C)C)C(=O)N(C)[C@@H]12. The van der Waals surface area contributed by atoms with Gasteiger partial charge < -0.3 is 10.0 Å². The second-order valence-corrected chi connectivity index (χ2v) is 6.33. The number of amides is 1. The Kier molecular flexibility index (Phi) is 2.58. The van der Waals surface area contributed by atoms with E-state index < -0.39 is 10.9 Å². The average Bonchev–Trinajstić information content (AvgIpc) is 2.47. The van der Waals surface area contributed by atoms with Crippen molar-refractivity contribution in [1.82, 2.24) is 4.90 Å². The summed E-state index contributed by atoms with van der Waals surface area (Å²) in [7, 11) is 1.70. The Hall–Kier alpha value is -0.550. The molecule has 4 nitrogen and oxygen atoms in total. The summed E-state index contributed by atoms with van der Waals surface area (Å²) in [5.41, 5.74) is 0. The Morgan fingerprint density at radius 3 is 2.50 bits per heavy atom. The monoisotopic (exact) mass is 243 g/mol. The predicted molar refractivity (Wildman–Crippen MR) is 61.9 cm³/mol. The first-order chi connectivity index (χ1) is 7.34. The van der Waals surface area contributed by atoms with Crippen LogP contribution >= 0.6 is 11.8 Å². The number of nitrogens with zero attached hydrogens (tertiary/aromatic N) is 1. The number of aliphatic hydroxyl groups is 1. The van der Waals surface area contributed by atoms with Crippen molar-refractivity contribution in [2.45, 2.75) is 37.7 Å².